The van der Waals surface area contributed by atoms with Crippen LogP contribution in [0.4, 0.5) is 0 Å². The maximum atomic E-state index is 12.1. The number of amides is 1. The van der Waals surface area contributed by atoms with E-state index in [9.17, 15) is 14.7 Å². The van der Waals surface area contributed by atoms with Crippen molar-refractivity contribution < 1.29 is 24.5 Å². The molecule has 1 fully saturated rings. The zero-order valence-electron chi connectivity index (χ0n) is 10.7. The molecule has 0 saturated carbocycles. The molecule has 0 spiro atoms. The van der Waals surface area contributed by atoms with E-state index >= 15 is 0 Å². The van der Waals surface area contributed by atoms with Crippen molar-refractivity contribution in [3.05, 3.63) is 12.2 Å². The Morgan fingerprint density at radius 2 is 2.00 bits per heavy atom. The topological polar surface area (TPSA) is 95.9 Å². The maximum absolute atomic E-state index is 12.1. The molecule has 1 aliphatic heterocycles. The molecule has 0 aromatic carbocycles. The Morgan fingerprint density at radius 1 is 1.32 bits per heavy atom. The standard InChI is InChI=1S/C13H19NO5/c15-11(14-7-13(18)5-6-19-8-13)9-3-1-2-4-10(9)12(16)17/h1-2,9-10,18H,3-8H2,(H,14,15)(H,16,17). The first-order valence-corrected chi connectivity index (χ1v) is 6.47. The van der Waals surface area contributed by atoms with Gasteiger partial charge in [0.25, 0.3) is 0 Å². The van der Waals surface area contributed by atoms with Crippen molar-refractivity contribution in [3.8, 4) is 0 Å². The van der Waals surface area contributed by atoms with E-state index in [1.807, 2.05) is 6.08 Å². The molecule has 2 rings (SSSR count). The highest BCUT2D eigenvalue weighted by Gasteiger charge is 2.37. The largest absolute Gasteiger partial charge is 0.481 e. The third-order valence-electron chi connectivity index (χ3n) is 3.76. The number of rotatable bonds is 4. The smallest absolute Gasteiger partial charge is 0.307 e. The lowest BCUT2D eigenvalue weighted by molar-refractivity contribution is -0.147. The SMILES string of the molecule is O=C(O)C1CC=CCC1C(=O)NCC1(O)CCOC1. The third kappa shape index (κ3) is 3.33. The summed E-state index contributed by atoms with van der Waals surface area (Å²) in [5.41, 5.74) is -1.01. The van der Waals surface area contributed by atoms with E-state index in [1.165, 1.54) is 0 Å². The van der Waals surface area contributed by atoms with Crippen LogP contribution in [0, 0.1) is 11.8 Å². The molecule has 3 N–H and O–H groups in total. The van der Waals surface area contributed by atoms with Crippen molar-refractivity contribution >= 4 is 11.9 Å². The van der Waals surface area contributed by atoms with Crippen molar-refractivity contribution in [1.82, 2.24) is 5.32 Å². The highest BCUT2D eigenvalue weighted by Crippen LogP contribution is 2.26. The highest BCUT2D eigenvalue weighted by molar-refractivity contribution is 5.85. The van der Waals surface area contributed by atoms with E-state index in [4.69, 9.17) is 9.84 Å². The van der Waals surface area contributed by atoms with E-state index in [-0.39, 0.29) is 19.1 Å². The van der Waals surface area contributed by atoms with Gasteiger partial charge in [0.05, 0.1) is 18.4 Å². The summed E-state index contributed by atoms with van der Waals surface area (Å²) in [4.78, 5) is 23.2. The van der Waals surface area contributed by atoms with Gasteiger partial charge in [0, 0.05) is 19.6 Å². The molecule has 1 heterocycles. The molecule has 1 saturated heterocycles. The van der Waals surface area contributed by atoms with Gasteiger partial charge in [0.15, 0.2) is 0 Å². The minimum Gasteiger partial charge on any atom is -0.481 e. The van der Waals surface area contributed by atoms with E-state index in [0.29, 0.717) is 25.9 Å². The molecule has 3 unspecified atom stereocenters. The number of allylic oxidation sites excluding steroid dienone is 2. The Labute approximate surface area is 111 Å². The van der Waals surface area contributed by atoms with Crippen LogP contribution in [-0.4, -0.2) is 47.4 Å². The monoisotopic (exact) mass is 269 g/mol. The number of carboxylic acid groups (broad SMARTS) is 1. The molecule has 1 amide bonds. The molecule has 0 bridgehead atoms. The van der Waals surface area contributed by atoms with E-state index < -0.39 is 23.4 Å². The van der Waals surface area contributed by atoms with Crippen LogP contribution in [0.3, 0.4) is 0 Å². The van der Waals surface area contributed by atoms with Crippen molar-refractivity contribution in [2.24, 2.45) is 11.8 Å². The summed E-state index contributed by atoms with van der Waals surface area (Å²) in [6.45, 7) is 0.800. The number of carbonyl (C=O) groups excluding carboxylic acids is 1. The zero-order valence-corrected chi connectivity index (χ0v) is 10.7. The normalized spacial score (nSPS) is 34.2. The summed E-state index contributed by atoms with van der Waals surface area (Å²) in [7, 11) is 0. The Hall–Kier alpha value is -1.40. The Bertz CT molecular complexity index is 386. The molecule has 106 valence electrons. The van der Waals surface area contributed by atoms with Crippen molar-refractivity contribution in [1.29, 1.82) is 0 Å². The van der Waals surface area contributed by atoms with E-state index in [1.54, 1.807) is 6.08 Å². The van der Waals surface area contributed by atoms with Gasteiger partial charge < -0.3 is 20.3 Å². The first kappa shape index (κ1) is 14.0. The van der Waals surface area contributed by atoms with Gasteiger partial charge in [-0.2, -0.15) is 0 Å². The molecule has 6 nitrogen and oxygen atoms in total. The molecular weight excluding hydrogens is 250 g/mol. The number of hydrogen-bond donors (Lipinski definition) is 3. The number of hydrogen-bond acceptors (Lipinski definition) is 4. The number of aliphatic hydroxyl groups is 1. The molecule has 0 aromatic heterocycles. The van der Waals surface area contributed by atoms with Crippen LogP contribution in [0.2, 0.25) is 0 Å². The zero-order chi connectivity index (χ0) is 13.9. The fourth-order valence-electron chi connectivity index (χ4n) is 2.50. The summed E-state index contributed by atoms with van der Waals surface area (Å²) in [6, 6.07) is 0. The van der Waals surface area contributed by atoms with Crippen molar-refractivity contribution in [2.45, 2.75) is 24.9 Å². The maximum Gasteiger partial charge on any atom is 0.307 e. The highest BCUT2D eigenvalue weighted by atomic mass is 16.5. The average Bonchev–Trinajstić information content (AvgIpc) is 2.83. The minimum atomic E-state index is -1.01. The lowest BCUT2D eigenvalue weighted by Gasteiger charge is -2.26. The summed E-state index contributed by atoms with van der Waals surface area (Å²) >= 11 is 0. The molecule has 0 radical (unpaired) electrons. The first-order chi connectivity index (χ1) is 9.02. The third-order valence-corrected chi connectivity index (χ3v) is 3.76. The Kier molecular flexibility index (Phi) is 4.21. The summed E-state index contributed by atoms with van der Waals surface area (Å²) in [6.07, 6.45) is 4.91. The van der Waals surface area contributed by atoms with Gasteiger partial charge in [0.2, 0.25) is 5.91 Å². The molecule has 0 aromatic rings. The van der Waals surface area contributed by atoms with Crippen LogP contribution in [0.15, 0.2) is 12.2 Å². The van der Waals surface area contributed by atoms with Gasteiger partial charge in [-0.05, 0) is 12.8 Å². The van der Waals surface area contributed by atoms with Crippen molar-refractivity contribution in [3.63, 3.8) is 0 Å². The Morgan fingerprint density at radius 3 is 2.58 bits per heavy atom. The Balaban J connectivity index is 1.91. The van der Waals surface area contributed by atoms with Gasteiger partial charge in [-0.3, -0.25) is 9.59 Å². The second-order valence-electron chi connectivity index (χ2n) is 5.24. The van der Waals surface area contributed by atoms with Gasteiger partial charge in [-0.1, -0.05) is 12.2 Å². The first-order valence-electron chi connectivity index (χ1n) is 6.47. The molecule has 1 aliphatic carbocycles. The second-order valence-corrected chi connectivity index (χ2v) is 5.24. The molecule has 19 heavy (non-hydrogen) atoms. The van der Waals surface area contributed by atoms with Gasteiger partial charge >= 0.3 is 5.97 Å². The number of nitrogens with one attached hydrogen (secondary N) is 1. The van der Waals surface area contributed by atoms with Crippen molar-refractivity contribution in [2.75, 3.05) is 19.8 Å². The predicted octanol–water partition coefficient (Wildman–Crippen LogP) is -0.0790. The number of carboxylic acids is 1. The summed E-state index contributed by atoms with van der Waals surface area (Å²) in [5.74, 6) is -2.50. The quantitative estimate of drug-likeness (QED) is 0.620. The van der Waals surface area contributed by atoms with Gasteiger partial charge in [-0.15, -0.1) is 0 Å². The summed E-state index contributed by atoms with van der Waals surface area (Å²) in [5, 5.41) is 21.8. The lowest BCUT2D eigenvalue weighted by atomic mass is 9.82. The second kappa shape index (κ2) is 5.71. The molecule has 3 atom stereocenters. The molecule has 2 aliphatic rings. The van der Waals surface area contributed by atoms with Gasteiger partial charge in [0.1, 0.15) is 5.60 Å². The number of ether oxygens (including phenoxy) is 1. The number of aliphatic carboxylic acids is 1. The van der Waals surface area contributed by atoms with Crippen LogP contribution < -0.4 is 5.32 Å². The van der Waals surface area contributed by atoms with E-state index in [0.717, 1.165) is 0 Å². The number of carbonyl (C=O) groups is 2. The van der Waals surface area contributed by atoms with Crippen LogP contribution in [0.1, 0.15) is 19.3 Å². The van der Waals surface area contributed by atoms with Crippen LogP contribution in [-0.2, 0) is 14.3 Å². The van der Waals surface area contributed by atoms with Gasteiger partial charge in [-0.25, -0.2) is 0 Å². The average molecular weight is 269 g/mol. The van der Waals surface area contributed by atoms with Crippen LogP contribution in [0.5, 0.6) is 0 Å². The molecule has 6 heteroatoms. The summed E-state index contributed by atoms with van der Waals surface area (Å²) < 4.78 is 5.09. The van der Waals surface area contributed by atoms with E-state index in [2.05, 4.69) is 5.32 Å². The fraction of sp³-hybridized carbons (Fsp3) is 0.692. The predicted molar refractivity (Wildman–Crippen MR) is 66.4 cm³/mol. The fourth-order valence-corrected chi connectivity index (χ4v) is 2.50. The van der Waals surface area contributed by atoms with Crippen LogP contribution >= 0.6 is 0 Å². The molecular formula is C13H19NO5. The minimum absolute atomic E-state index is 0.110. The van der Waals surface area contributed by atoms with Crippen LogP contribution in [0.25, 0.3) is 0 Å². The lowest BCUT2D eigenvalue weighted by Crippen LogP contribution is -2.47.